The topological polar surface area (TPSA) is 57.2 Å². The van der Waals surface area contributed by atoms with E-state index in [0.717, 1.165) is 31.7 Å². The van der Waals surface area contributed by atoms with Crippen LogP contribution in [0.3, 0.4) is 0 Å². The summed E-state index contributed by atoms with van der Waals surface area (Å²) < 4.78 is 25.1. The lowest BCUT2D eigenvalue weighted by Gasteiger charge is -2.33. The van der Waals surface area contributed by atoms with E-state index < -0.39 is 6.10 Å². The number of hydrogen-bond acceptors (Lipinski definition) is 6. The molecule has 1 heterocycles. The maximum atomic E-state index is 13.8. The number of nitrogens with zero attached hydrogens (tertiary/aromatic N) is 2. The van der Waals surface area contributed by atoms with Crippen molar-refractivity contribution >= 4 is 0 Å². The molecule has 2 N–H and O–H groups in total. The summed E-state index contributed by atoms with van der Waals surface area (Å²) in [6.45, 7) is 6.03. The molecule has 6 nitrogen and oxygen atoms in total. The van der Waals surface area contributed by atoms with Crippen LogP contribution < -0.4 is 14.8 Å². The van der Waals surface area contributed by atoms with E-state index in [2.05, 4.69) is 22.2 Å². The van der Waals surface area contributed by atoms with Crippen LogP contribution in [0.15, 0.2) is 42.5 Å². The van der Waals surface area contributed by atoms with Crippen molar-refractivity contribution in [3.05, 3.63) is 59.4 Å². The highest BCUT2D eigenvalue weighted by atomic mass is 19.1. The normalized spacial score (nSPS) is 16.3. The number of β-amino-alcohol motifs (C(OH)–C–C–N with tert-alkyl or cyclic N) is 1. The van der Waals surface area contributed by atoms with Crippen molar-refractivity contribution in [3.63, 3.8) is 0 Å². The Labute approximate surface area is 184 Å². The molecule has 0 radical (unpaired) electrons. The maximum absolute atomic E-state index is 13.8. The fourth-order valence-corrected chi connectivity index (χ4v) is 3.66. The molecule has 31 heavy (non-hydrogen) atoms. The SMILES string of the molecule is COc1ccc(CNCCc2ccccc2F)c(OCC(O)CN2CCN(C)CC2)c1. The molecule has 170 valence electrons. The highest BCUT2D eigenvalue weighted by Crippen LogP contribution is 2.25. The van der Waals surface area contributed by atoms with Crippen molar-refractivity contribution in [2.45, 2.75) is 19.1 Å². The summed E-state index contributed by atoms with van der Waals surface area (Å²) >= 11 is 0. The number of aliphatic hydroxyl groups excluding tert-OH is 1. The van der Waals surface area contributed by atoms with Gasteiger partial charge < -0.3 is 24.8 Å². The summed E-state index contributed by atoms with van der Waals surface area (Å²) in [7, 11) is 3.74. The Bertz CT molecular complexity index is 812. The molecule has 0 saturated carbocycles. The molecule has 2 aromatic rings. The first-order chi connectivity index (χ1) is 15.0. The van der Waals surface area contributed by atoms with Crippen LogP contribution in [0.5, 0.6) is 11.5 Å². The van der Waals surface area contributed by atoms with E-state index in [1.54, 1.807) is 19.2 Å². The zero-order chi connectivity index (χ0) is 22.1. The summed E-state index contributed by atoms with van der Waals surface area (Å²) in [6.07, 6.45) is 0.0550. The number of rotatable bonds is 11. The highest BCUT2D eigenvalue weighted by Gasteiger charge is 2.18. The molecular weight excluding hydrogens is 397 g/mol. The van der Waals surface area contributed by atoms with Gasteiger partial charge in [0.2, 0.25) is 0 Å². The van der Waals surface area contributed by atoms with Gasteiger partial charge in [-0.2, -0.15) is 0 Å². The number of ether oxygens (including phenoxy) is 2. The van der Waals surface area contributed by atoms with E-state index in [1.807, 2.05) is 24.3 Å². The van der Waals surface area contributed by atoms with Gasteiger partial charge in [-0.1, -0.05) is 24.3 Å². The first-order valence-corrected chi connectivity index (χ1v) is 10.9. The van der Waals surface area contributed by atoms with Crippen molar-refractivity contribution in [2.24, 2.45) is 0 Å². The summed E-state index contributed by atoms with van der Waals surface area (Å²) in [5, 5.41) is 13.8. The van der Waals surface area contributed by atoms with E-state index >= 15 is 0 Å². The number of piperazine rings is 1. The Hall–Kier alpha value is -2.19. The van der Waals surface area contributed by atoms with Crippen LogP contribution in [-0.4, -0.2) is 81.0 Å². The third-order valence-corrected chi connectivity index (χ3v) is 5.61. The number of nitrogens with one attached hydrogen (secondary N) is 1. The molecule has 1 unspecified atom stereocenters. The summed E-state index contributed by atoms with van der Waals surface area (Å²) in [4.78, 5) is 4.56. The van der Waals surface area contributed by atoms with Crippen LogP contribution in [0.1, 0.15) is 11.1 Å². The van der Waals surface area contributed by atoms with Gasteiger partial charge in [-0.3, -0.25) is 4.90 Å². The van der Waals surface area contributed by atoms with Gasteiger partial charge in [0.25, 0.3) is 0 Å². The first kappa shape index (κ1) is 23.5. The van der Waals surface area contributed by atoms with Gasteiger partial charge in [-0.05, 0) is 37.7 Å². The third-order valence-electron chi connectivity index (χ3n) is 5.61. The monoisotopic (exact) mass is 431 g/mol. The molecule has 1 saturated heterocycles. The van der Waals surface area contributed by atoms with E-state index in [4.69, 9.17) is 9.47 Å². The van der Waals surface area contributed by atoms with Gasteiger partial charge >= 0.3 is 0 Å². The Kier molecular flexibility index (Phi) is 9.09. The molecule has 2 aromatic carbocycles. The third kappa shape index (κ3) is 7.47. The number of methoxy groups -OCH3 is 1. The van der Waals surface area contributed by atoms with Crippen molar-refractivity contribution in [3.8, 4) is 11.5 Å². The number of benzene rings is 2. The number of aliphatic hydroxyl groups is 1. The summed E-state index contributed by atoms with van der Waals surface area (Å²) in [5.74, 6) is 1.22. The predicted molar refractivity (Wildman–Crippen MR) is 120 cm³/mol. The molecule has 7 heteroatoms. The van der Waals surface area contributed by atoms with Crippen LogP contribution in [0, 0.1) is 5.82 Å². The second-order valence-corrected chi connectivity index (χ2v) is 8.06. The molecule has 1 aliphatic rings. The van der Waals surface area contributed by atoms with Gasteiger partial charge in [0.15, 0.2) is 0 Å². The minimum Gasteiger partial charge on any atom is -0.497 e. The second kappa shape index (κ2) is 12.0. The minimum absolute atomic E-state index is 0.174. The van der Waals surface area contributed by atoms with Gasteiger partial charge in [0.1, 0.15) is 30.0 Å². The van der Waals surface area contributed by atoms with Crippen molar-refractivity contribution in [2.75, 3.05) is 60.0 Å². The molecule has 0 aliphatic carbocycles. The molecule has 0 bridgehead atoms. The highest BCUT2D eigenvalue weighted by molar-refractivity contribution is 5.40. The second-order valence-electron chi connectivity index (χ2n) is 8.06. The largest absolute Gasteiger partial charge is 0.497 e. The van der Waals surface area contributed by atoms with Gasteiger partial charge in [-0.25, -0.2) is 4.39 Å². The van der Waals surface area contributed by atoms with Crippen LogP contribution in [0.2, 0.25) is 0 Å². The fraction of sp³-hybridized carbons (Fsp3) is 0.500. The Morgan fingerprint density at radius 1 is 1.10 bits per heavy atom. The first-order valence-electron chi connectivity index (χ1n) is 10.9. The lowest BCUT2D eigenvalue weighted by atomic mass is 10.1. The maximum Gasteiger partial charge on any atom is 0.127 e. The van der Waals surface area contributed by atoms with E-state index in [-0.39, 0.29) is 12.4 Å². The van der Waals surface area contributed by atoms with Crippen LogP contribution in [-0.2, 0) is 13.0 Å². The summed E-state index contributed by atoms with van der Waals surface area (Å²) in [5.41, 5.74) is 1.68. The molecular formula is C24H34FN3O3. The molecule has 0 spiro atoms. The molecule has 0 amide bonds. The number of hydrogen-bond donors (Lipinski definition) is 2. The Morgan fingerprint density at radius 2 is 1.87 bits per heavy atom. The molecule has 3 rings (SSSR count). The smallest absolute Gasteiger partial charge is 0.127 e. The average Bonchev–Trinajstić information content (AvgIpc) is 2.78. The van der Waals surface area contributed by atoms with Crippen molar-refractivity contribution < 1.29 is 19.0 Å². The van der Waals surface area contributed by atoms with Crippen molar-refractivity contribution in [1.82, 2.24) is 15.1 Å². The van der Waals surface area contributed by atoms with Gasteiger partial charge in [-0.15, -0.1) is 0 Å². The number of likely N-dealkylation sites (N-methyl/N-ethyl adjacent to an activating group) is 1. The van der Waals surface area contributed by atoms with Crippen LogP contribution in [0.25, 0.3) is 0 Å². The standard InChI is InChI=1S/C24H34FN3O3/c1-27-11-13-28(14-12-27)17-21(29)18-31-24-15-22(30-2)8-7-20(24)16-26-10-9-19-5-3-4-6-23(19)25/h3-8,15,21,26,29H,9-14,16-18H2,1-2H3. The van der Waals surface area contributed by atoms with E-state index in [1.165, 1.54) is 6.07 Å². The number of halogens is 1. The van der Waals surface area contributed by atoms with Gasteiger partial charge in [0.05, 0.1) is 7.11 Å². The predicted octanol–water partition coefficient (Wildman–Crippen LogP) is 2.15. The van der Waals surface area contributed by atoms with E-state index in [9.17, 15) is 9.50 Å². The average molecular weight is 432 g/mol. The Morgan fingerprint density at radius 3 is 2.61 bits per heavy atom. The lowest BCUT2D eigenvalue weighted by Crippen LogP contribution is -2.47. The Balaban J connectivity index is 1.50. The molecule has 0 aromatic heterocycles. The van der Waals surface area contributed by atoms with Crippen LogP contribution >= 0.6 is 0 Å². The molecule has 1 aliphatic heterocycles. The van der Waals surface area contributed by atoms with Crippen LogP contribution in [0.4, 0.5) is 4.39 Å². The molecule has 1 fully saturated rings. The van der Waals surface area contributed by atoms with Gasteiger partial charge in [0, 0.05) is 50.9 Å². The summed E-state index contributed by atoms with van der Waals surface area (Å²) in [6, 6.07) is 12.5. The quantitative estimate of drug-likeness (QED) is 0.532. The van der Waals surface area contributed by atoms with Crippen molar-refractivity contribution in [1.29, 1.82) is 0 Å². The zero-order valence-corrected chi connectivity index (χ0v) is 18.5. The molecule has 1 atom stereocenters. The van der Waals surface area contributed by atoms with E-state index in [0.29, 0.717) is 43.1 Å². The zero-order valence-electron chi connectivity index (χ0n) is 18.5. The fourth-order valence-electron chi connectivity index (χ4n) is 3.66. The lowest BCUT2D eigenvalue weighted by molar-refractivity contribution is 0.0501. The minimum atomic E-state index is -0.559.